The molecule has 0 aromatic heterocycles. The molecule has 1 aromatic rings. The Balaban J connectivity index is 2.30. The molecule has 1 fully saturated rings. The molecule has 1 saturated heterocycles. The smallest absolute Gasteiger partial charge is 0.374 e. The van der Waals surface area contributed by atoms with Crippen molar-refractivity contribution in [3.8, 4) is 0 Å². The van der Waals surface area contributed by atoms with Gasteiger partial charge in [-0.05, 0) is 18.6 Å². The minimum absolute atomic E-state index is 0.0292. The van der Waals surface area contributed by atoms with Gasteiger partial charge in [0.25, 0.3) is 5.69 Å². The van der Waals surface area contributed by atoms with Crippen LogP contribution in [0.25, 0.3) is 0 Å². The fourth-order valence-electron chi connectivity index (χ4n) is 2.17. The topological polar surface area (TPSA) is 75.5 Å². The lowest BCUT2D eigenvalue weighted by molar-refractivity contribution is -0.388. The van der Waals surface area contributed by atoms with Crippen LogP contribution in [0.5, 0.6) is 0 Å². The average molecular weight is 303 g/mol. The van der Waals surface area contributed by atoms with E-state index in [1.807, 2.05) is 0 Å². The largest absolute Gasteiger partial charge is 0.423 e. The van der Waals surface area contributed by atoms with Crippen molar-refractivity contribution in [2.75, 3.05) is 18.9 Å². The molecule has 0 aliphatic carbocycles. The third kappa shape index (κ3) is 3.06. The molecular weight excluding hydrogens is 291 g/mol. The van der Waals surface area contributed by atoms with Gasteiger partial charge in [0.2, 0.25) is 5.91 Å². The van der Waals surface area contributed by atoms with Crippen molar-refractivity contribution >= 4 is 17.3 Å². The van der Waals surface area contributed by atoms with Crippen molar-refractivity contribution in [2.45, 2.75) is 18.6 Å². The minimum Gasteiger partial charge on any atom is -0.374 e. The fourth-order valence-corrected chi connectivity index (χ4v) is 2.17. The van der Waals surface area contributed by atoms with Gasteiger partial charge in [-0.2, -0.15) is 13.2 Å². The van der Waals surface area contributed by atoms with E-state index in [-0.39, 0.29) is 11.6 Å². The number of likely N-dealkylation sites (tertiary alicyclic amines) is 1. The molecule has 1 aromatic carbocycles. The summed E-state index contributed by atoms with van der Waals surface area (Å²) in [6, 6.07) is 1.99. The molecule has 1 heterocycles. The van der Waals surface area contributed by atoms with Gasteiger partial charge in [0.05, 0.1) is 4.92 Å². The Morgan fingerprint density at radius 2 is 2.10 bits per heavy atom. The van der Waals surface area contributed by atoms with E-state index in [1.165, 1.54) is 11.0 Å². The van der Waals surface area contributed by atoms with Crippen LogP contribution in [0.4, 0.5) is 24.5 Å². The summed E-state index contributed by atoms with van der Waals surface area (Å²) in [6.45, 7) is 0.510. The lowest BCUT2D eigenvalue weighted by atomic mass is 10.1. The first-order valence-electron chi connectivity index (χ1n) is 6.07. The van der Waals surface area contributed by atoms with E-state index in [0.717, 1.165) is 6.07 Å². The van der Waals surface area contributed by atoms with E-state index >= 15 is 0 Å². The normalized spacial score (nSPS) is 19.0. The Bertz CT molecular complexity index is 589. The highest BCUT2D eigenvalue weighted by atomic mass is 19.4. The van der Waals surface area contributed by atoms with Crippen LogP contribution in [0, 0.1) is 10.1 Å². The second-order valence-electron chi connectivity index (χ2n) is 4.73. The predicted octanol–water partition coefficient (Wildman–Crippen LogP) is 2.26. The molecular formula is C12H12F3N3O3. The standard InChI is InChI=1S/C12H12F3N3O3/c1-17-5-4-9(11(17)19)16-7-2-3-10(18(20)21)8(6-7)12(13,14)15/h2-3,6,9,16H,4-5H2,1H3. The Hall–Kier alpha value is -2.32. The van der Waals surface area contributed by atoms with Gasteiger partial charge in [-0.25, -0.2) is 0 Å². The number of nitrogens with one attached hydrogen (secondary N) is 1. The number of anilines is 1. The number of carbonyl (C=O) groups excluding carboxylic acids is 1. The number of carbonyl (C=O) groups is 1. The van der Waals surface area contributed by atoms with Gasteiger partial charge in [-0.15, -0.1) is 0 Å². The van der Waals surface area contributed by atoms with Crippen LogP contribution in [0.2, 0.25) is 0 Å². The summed E-state index contributed by atoms with van der Waals surface area (Å²) < 4.78 is 38.5. The summed E-state index contributed by atoms with van der Waals surface area (Å²) in [5.74, 6) is -0.220. The van der Waals surface area contributed by atoms with Crippen LogP contribution >= 0.6 is 0 Å². The SMILES string of the molecule is CN1CCC(Nc2ccc([N+](=O)[O-])c(C(F)(F)F)c2)C1=O. The summed E-state index contributed by atoms with van der Waals surface area (Å²) in [5, 5.41) is 13.3. The molecule has 0 radical (unpaired) electrons. The summed E-state index contributed by atoms with van der Waals surface area (Å²) in [4.78, 5) is 22.7. The highest BCUT2D eigenvalue weighted by Gasteiger charge is 2.39. The molecule has 6 nitrogen and oxygen atoms in total. The zero-order chi connectivity index (χ0) is 15.8. The molecule has 1 N–H and O–H groups in total. The van der Waals surface area contributed by atoms with Gasteiger partial charge in [0.15, 0.2) is 0 Å². The van der Waals surface area contributed by atoms with Gasteiger partial charge in [0.1, 0.15) is 11.6 Å². The highest BCUT2D eigenvalue weighted by molar-refractivity contribution is 5.86. The van der Waals surface area contributed by atoms with Crippen molar-refractivity contribution in [3.05, 3.63) is 33.9 Å². The Labute approximate surface area is 117 Å². The number of hydrogen-bond acceptors (Lipinski definition) is 4. The molecule has 1 aliphatic heterocycles. The van der Waals surface area contributed by atoms with Crippen LogP contribution in [-0.2, 0) is 11.0 Å². The Morgan fingerprint density at radius 1 is 1.43 bits per heavy atom. The molecule has 21 heavy (non-hydrogen) atoms. The monoisotopic (exact) mass is 303 g/mol. The molecule has 1 amide bonds. The number of halogens is 3. The van der Waals surface area contributed by atoms with Crippen molar-refractivity contribution in [1.29, 1.82) is 0 Å². The quantitative estimate of drug-likeness (QED) is 0.686. The van der Waals surface area contributed by atoms with Crippen molar-refractivity contribution in [3.63, 3.8) is 0 Å². The van der Waals surface area contributed by atoms with Crippen LogP contribution in [0.1, 0.15) is 12.0 Å². The van der Waals surface area contributed by atoms with Gasteiger partial charge in [-0.3, -0.25) is 14.9 Å². The second kappa shape index (κ2) is 5.23. The highest BCUT2D eigenvalue weighted by Crippen LogP contribution is 2.37. The zero-order valence-corrected chi connectivity index (χ0v) is 11.0. The number of benzene rings is 1. The fraction of sp³-hybridized carbons (Fsp3) is 0.417. The Morgan fingerprint density at radius 3 is 2.57 bits per heavy atom. The second-order valence-corrected chi connectivity index (χ2v) is 4.73. The molecule has 114 valence electrons. The third-order valence-corrected chi connectivity index (χ3v) is 3.27. The van der Waals surface area contributed by atoms with E-state index in [0.29, 0.717) is 19.0 Å². The van der Waals surface area contributed by atoms with E-state index in [4.69, 9.17) is 0 Å². The number of alkyl halides is 3. The summed E-state index contributed by atoms with van der Waals surface area (Å²) in [6.07, 6.45) is -4.37. The van der Waals surface area contributed by atoms with Crippen LogP contribution in [0.3, 0.4) is 0 Å². The molecule has 0 bridgehead atoms. The van der Waals surface area contributed by atoms with Crippen molar-refractivity contribution < 1.29 is 22.9 Å². The average Bonchev–Trinajstić information content (AvgIpc) is 2.69. The predicted molar refractivity (Wildman–Crippen MR) is 67.8 cm³/mol. The van der Waals surface area contributed by atoms with E-state index in [2.05, 4.69) is 5.32 Å². The van der Waals surface area contributed by atoms with Gasteiger partial charge in [0, 0.05) is 25.3 Å². The minimum atomic E-state index is -4.84. The number of likely N-dealkylation sites (N-methyl/N-ethyl adjacent to an activating group) is 1. The van der Waals surface area contributed by atoms with E-state index < -0.39 is 28.4 Å². The maximum atomic E-state index is 12.8. The number of nitrogens with zero attached hydrogens (tertiary/aromatic N) is 2. The van der Waals surface area contributed by atoms with Crippen LogP contribution in [0.15, 0.2) is 18.2 Å². The first-order chi connectivity index (χ1) is 9.70. The molecule has 1 atom stereocenters. The summed E-state index contributed by atoms with van der Waals surface area (Å²) in [7, 11) is 1.60. The number of nitro groups is 1. The number of rotatable bonds is 3. The molecule has 1 aliphatic rings. The number of hydrogen-bond donors (Lipinski definition) is 1. The van der Waals surface area contributed by atoms with Gasteiger partial charge < -0.3 is 10.2 Å². The summed E-state index contributed by atoms with van der Waals surface area (Å²) in [5.41, 5.74) is -2.32. The molecule has 2 rings (SSSR count). The maximum absolute atomic E-state index is 12.8. The van der Waals surface area contributed by atoms with Crippen molar-refractivity contribution in [2.24, 2.45) is 0 Å². The van der Waals surface area contributed by atoms with Gasteiger partial charge in [-0.1, -0.05) is 0 Å². The number of amides is 1. The van der Waals surface area contributed by atoms with Crippen LogP contribution < -0.4 is 5.32 Å². The van der Waals surface area contributed by atoms with Crippen LogP contribution in [-0.4, -0.2) is 35.4 Å². The van der Waals surface area contributed by atoms with Crippen molar-refractivity contribution in [1.82, 2.24) is 4.90 Å². The summed E-state index contributed by atoms with van der Waals surface area (Å²) >= 11 is 0. The lowest BCUT2D eigenvalue weighted by Crippen LogP contribution is -2.31. The van der Waals surface area contributed by atoms with Gasteiger partial charge >= 0.3 is 6.18 Å². The van der Waals surface area contributed by atoms with E-state index in [1.54, 1.807) is 7.05 Å². The zero-order valence-electron chi connectivity index (χ0n) is 11.0. The van der Waals surface area contributed by atoms with E-state index in [9.17, 15) is 28.1 Å². The molecule has 9 heteroatoms. The maximum Gasteiger partial charge on any atom is 0.423 e. The molecule has 1 unspecified atom stereocenters. The first-order valence-corrected chi connectivity index (χ1v) is 6.07. The number of nitro benzene ring substituents is 1. The molecule has 0 saturated carbocycles. The molecule has 0 spiro atoms. The lowest BCUT2D eigenvalue weighted by Gasteiger charge is -2.15. The Kier molecular flexibility index (Phi) is 3.75. The first kappa shape index (κ1) is 15.1. The third-order valence-electron chi connectivity index (χ3n) is 3.27.